The van der Waals surface area contributed by atoms with Crippen molar-refractivity contribution in [2.75, 3.05) is 0 Å². The lowest BCUT2D eigenvalue weighted by atomic mass is 10.2. The van der Waals surface area contributed by atoms with E-state index in [4.69, 9.17) is 0 Å². The molecule has 0 atom stereocenters. The molecule has 4 heteroatoms. The first-order valence-electron chi connectivity index (χ1n) is 4.88. The molecule has 0 aromatic carbocycles. The number of carbonyl (C=O) groups is 2. The molecule has 1 N–H and O–H groups in total. The molecule has 1 aromatic rings. The van der Waals surface area contributed by atoms with Gasteiger partial charge in [-0.2, -0.15) is 0 Å². The normalized spacial score (nSPS) is 10.0. The Morgan fingerprint density at radius 3 is 2.67 bits per heavy atom. The zero-order valence-electron chi connectivity index (χ0n) is 9.00. The van der Waals surface area contributed by atoms with Crippen molar-refractivity contribution in [3.05, 3.63) is 21.9 Å². The topological polar surface area (TPSA) is 46.2 Å². The Labute approximate surface area is 93.5 Å². The number of amides is 1. The van der Waals surface area contributed by atoms with E-state index in [0.29, 0.717) is 19.4 Å². The largest absolute Gasteiger partial charge is 0.351 e. The number of rotatable bonds is 5. The number of thiophene rings is 1. The molecule has 0 bridgehead atoms. The van der Waals surface area contributed by atoms with Crippen LogP contribution in [-0.4, -0.2) is 11.7 Å². The van der Waals surface area contributed by atoms with Crippen molar-refractivity contribution >= 4 is 23.0 Å². The van der Waals surface area contributed by atoms with Gasteiger partial charge in [0.2, 0.25) is 5.91 Å². The summed E-state index contributed by atoms with van der Waals surface area (Å²) in [5, 5.41) is 4.81. The highest BCUT2D eigenvalue weighted by molar-refractivity contribution is 7.10. The number of hydrogen-bond acceptors (Lipinski definition) is 3. The number of ketones is 1. The van der Waals surface area contributed by atoms with Crippen molar-refractivity contribution in [1.82, 2.24) is 5.32 Å². The van der Waals surface area contributed by atoms with E-state index < -0.39 is 0 Å². The predicted octanol–water partition coefficient (Wildman–Crippen LogP) is 2.04. The van der Waals surface area contributed by atoms with E-state index in [0.717, 1.165) is 0 Å². The summed E-state index contributed by atoms with van der Waals surface area (Å²) in [7, 11) is 0. The molecule has 0 radical (unpaired) electrons. The van der Waals surface area contributed by atoms with Gasteiger partial charge >= 0.3 is 0 Å². The Balaban J connectivity index is 2.28. The van der Waals surface area contributed by atoms with Crippen molar-refractivity contribution < 1.29 is 9.59 Å². The minimum Gasteiger partial charge on any atom is -0.351 e. The maximum absolute atomic E-state index is 11.3. The molecule has 82 valence electrons. The zero-order chi connectivity index (χ0) is 11.3. The van der Waals surface area contributed by atoms with E-state index in [9.17, 15) is 9.59 Å². The van der Waals surface area contributed by atoms with Crippen LogP contribution in [0.25, 0.3) is 0 Å². The number of carbonyl (C=O) groups excluding carboxylic acids is 2. The molecule has 0 saturated carbocycles. The van der Waals surface area contributed by atoms with Crippen LogP contribution in [0.3, 0.4) is 0 Å². The number of aryl methyl sites for hydroxylation is 1. The Kier molecular flexibility index (Phi) is 4.49. The summed E-state index contributed by atoms with van der Waals surface area (Å²) in [5.74, 6) is -0.00421. The zero-order valence-corrected chi connectivity index (χ0v) is 9.82. The minimum atomic E-state index is -0.0574. The van der Waals surface area contributed by atoms with E-state index in [1.54, 1.807) is 11.3 Å². The van der Waals surface area contributed by atoms with Gasteiger partial charge in [0.1, 0.15) is 5.78 Å². The molecule has 3 nitrogen and oxygen atoms in total. The molecule has 0 aliphatic carbocycles. The van der Waals surface area contributed by atoms with Crippen LogP contribution in [-0.2, 0) is 16.1 Å². The minimum absolute atomic E-state index is 0.0532. The predicted molar refractivity (Wildman–Crippen MR) is 60.8 cm³/mol. The van der Waals surface area contributed by atoms with Gasteiger partial charge in [0.25, 0.3) is 0 Å². The molecule has 1 aromatic heterocycles. The SMILES string of the molecule is CC(=O)CCC(=O)NCc1sccc1C. The Hall–Kier alpha value is -1.16. The van der Waals surface area contributed by atoms with E-state index in [1.807, 2.05) is 18.4 Å². The molecule has 1 amide bonds. The fourth-order valence-corrected chi connectivity index (χ4v) is 1.99. The molecule has 0 saturated heterocycles. The molecular formula is C11H15NO2S. The maximum atomic E-state index is 11.3. The van der Waals surface area contributed by atoms with Crippen molar-refractivity contribution in [2.45, 2.75) is 33.2 Å². The lowest BCUT2D eigenvalue weighted by Crippen LogP contribution is -2.22. The van der Waals surface area contributed by atoms with E-state index >= 15 is 0 Å². The molecule has 0 aliphatic heterocycles. The van der Waals surface area contributed by atoms with Gasteiger partial charge in [-0.05, 0) is 30.9 Å². The molecule has 1 heterocycles. The third-order valence-corrected chi connectivity index (χ3v) is 3.14. The Bertz CT molecular complexity index is 357. The summed E-state index contributed by atoms with van der Waals surface area (Å²) in [5.41, 5.74) is 1.20. The van der Waals surface area contributed by atoms with Gasteiger partial charge in [0.15, 0.2) is 0 Å². The van der Waals surface area contributed by atoms with Crippen LogP contribution in [0.15, 0.2) is 11.4 Å². The Morgan fingerprint density at radius 1 is 1.40 bits per heavy atom. The first-order chi connectivity index (χ1) is 7.09. The average Bonchev–Trinajstić information content (AvgIpc) is 2.58. The lowest BCUT2D eigenvalue weighted by molar-refractivity contribution is -0.124. The van der Waals surface area contributed by atoms with Gasteiger partial charge in [-0.15, -0.1) is 11.3 Å². The van der Waals surface area contributed by atoms with Crippen LogP contribution in [0.1, 0.15) is 30.2 Å². The van der Waals surface area contributed by atoms with Crippen LogP contribution < -0.4 is 5.32 Å². The van der Waals surface area contributed by atoms with Gasteiger partial charge in [-0.1, -0.05) is 0 Å². The summed E-state index contributed by atoms with van der Waals surface area (Å²) in [6.45, 7) is 4.09. The standard InChI is InChI=1S/C11H15NO2S/c1-8-5-6-15-10(8)7-12-11(14)4-3-9(2)13/h5-6H,3-4,7H2,1-2H3,(H,12,14). The Morgan fingerprint density at radius 2 is 2.13 bits per heavy atom. The van der Waals surface area contributed by atoms with Gasteiger partial charge < -0.3 is 10.1 Å². The average molecular weight is 225 g/mol. The van der Waals surface area contributed by atoms with Gasteiger partial charge in [-0.3, -0.25) is 4.79 Å². The van der Waals surface area contributed by atoms with E-state index in [2.05, 4.69) is 5.32 Å². The maximum Gasteiger partial charge on any atom is 0.220 e. The van der Waals surface area contributed by atoms with Gasteiger partial charge in [0, 0.05) is 17.7 Å². The van der Waals surface area contributed by atoms with Crippen LogP contribution >= 0.6 is 11.3 Å². The highest BCUT2D eigenvalue weighted by Gasteiger charge is 2.05. The molecule has 0 fully saturated rings. The van der Waals surface area contributed by atoms with Gasteiger partial charge in [0.05, 0.1) is 6.54 Å². The number of nitrogens with one attached hydrogen (secondary N) is 1. The molecule has 1 rings (SSSR count). The second-order valence-corrected chi connectivity index (χ2v) is 4.51. The highest BCUT2D eigenvalue weighted by Crippen LogP contribution is 2.14. The monoisotopic (exact) mass is 225 g/mol. The fraction of sp³-hybridized carbons (Fsp3) is 0.455. The van der Waals surface area contributed by atoms with E-state index in [-0.39, 0.29) is 11.7 Å². The number of Topliss-reactive ketones (excluding diaryl/α,β-unsaturated/α-hetero) is 1. The third kappa shape index (κ3) is 4.25. The quantitative estimate of drug-likeness (QED) is 0.833. The fourth-order valence-electron chi connectivity index (χ4n) is 1.14. The molecule has 0 aliphatic rings. The van der Waals surface area contributed by atoms with E-state index in [1.165, 1.54) is 17.4 Å². The smallest absolute Gasteiger partial charge is 0.220 e. The highest BCUT2D eigenvalue weighted by atomic mass is 32.1. The second kappa shape index (κ2) is 5.66. The van der Waals surface area contributed by atoms with Crippen molar-refractivity contribution in [3.8, 4) is 0 Å². The summed E-state index contributed by atoms with van der Waals surface area (Å²) in [4.78, 5) is 23.1. The van der Waals surface area contributed by atoms with Gasteiger partial charge in [-0.25, -0.2) is 0 Å². The molecule has 0 spiro atoms. The lowest BCUT2D eigenvalue weighted by Gasteiger charge is -2.03. The second-order valence-electron chi connectivity index (χ2n) is 3.51. The summed E-state index contributed by atoms with van der Waals surface area (Å²) in [6.07, 6.45) is 0.620. The van der Waals surface area contributed by atoms with Crippen LogP contribution in [0.2, 0.25) is 0 Å². The first kappa shape index (κ1) is 11.9. The summed E-state index contributed by atoms with van der Waals surface area (Å²) < 4.78 is 0. The first-order valence-corrected chi connectivity index (χ1v) is 5.76. The van der Waals surface area contributed by atoms with Crippen LogP contribution in [0, 0.1) is 6.92 Å². The van der Waals surface area contributed by atoms with Crippen molar-refractivity contribution in [3.63, 3.8) is 0 Å². The summed E-state index contributed by atoms with van der Waals surface area (Å²) in [6, 6.07) is 2.03. The summed E-state index contributed by atoms with van der Waals surface area (Å²) >= 11 is 1.63. The van der Waals surface area contributed by atoms with Crippen LogP contribution in [0.5, 0.6) is 0 Å². The van der Waals surface area contributed by atoms with Crippen molar-refractivity contribution in [2.24, 2.45) is 0 Å². The molecule has 0 unspecified atom stereocenters. The van der Waals surface area contributed by atoms with Crippen LogP contribution in [0.4, 0.5) is 0 Å². The molecular weight excluding hydrogens is 210 g/mol. The van der Waals surface area contributed by atoms with Crippen molar-refractivity contribution in [1.29, 1.82) is 0 Å². The number of hydrogen-bond donors (Lipinski definition) is 1. The molecule has 15 heavy (non-hydrogen) atoms. The third-order valence-electron chi connectivity index (χ3n) is 2.12.